The highest BCUT2D eigenvalue weighted by molar-refractivity contribution is 5.35. The Labute approximate surface area is 145 Å². The summed E-state index contributed by atoms with van der Waals surface area (Å²) in [4.78, 5) is 14.0. The SMILES string of the molecule is C=CCCC(CN1CCCC1)Oc1cc(C)nc(N2CCCC2)n1. The van der Waals surface area contributed by atoms with Gasteiger partial charge in [0.05, 0.1) is 0 Å². The molecule has 0 aliphatic carbocycles. The topological polar surface area (TPSA) is 41.5 Å². The molecule has 5 nitrogen and oxygen atoms in total. The molecule has 1 aromatic rings. The van der Waals surface area contributed by atoms with E-state index in [0.29, 0.717) is 0 Å². The van der Waals surface area contributed by atoms with E-state index in [4.69, 9.17) is 4.74 Å². The van der Waals surface area contributed by atoms with Crippen molar-refractivity contribution in [1.82, 2.24) is 14.9 Å². The number of rotatable bonds is 8. The second kappa shape index (κ2) is 8.47. The Balaban J connectivity index is 1.68. The van der Waals surface area contributed by atoms with Crippen LogP contribution >= 0.6 is 0 Å². The highest BCUT2D eigenvalue weighted by Gasteiger charge is 2.21. The number of aryl methyl sites for hydroxylation is 1. The van der Waals surface area contributed by atoms with Crippen molar-refractivity contribution in [2.24, 2.45) is 0 Å². The molecule has 2 aliphatic heterocycles. The first-order valence-electron chi connectivity index (χ1n) is 9.35. The molecule has 1 atom stereocenters. The zero-order chi connectivity index (χ0) is 16.8. The van der Waals surface area contributed by atoms with E-state index in [9.17, 15) is 0 Å². The summed E-state index contributed by atoms with van der Waals surface area (Å²) in [7, 11) is 0. The summed E-state index contributed by atoms with van der Waals surface area (Å²) in [6.07, 6.45) is 9.17. The van der Waals surface area contributed by atoms with Crippen molar-refractivity contribution in [2.75, 3.05) is 37.6 Å². The molecule has 132 valence electrons. The highest BCUT2D eigenvalue weighted by Crippen LogP contribution is 2.22. The van der Waals surface area contributed by atoms with Gasteiger partial charge in [0.15, 0.2) is 0 Å². The minimum absolute atomic E-state index is 0.168. The molecular formula is C19H30N4O. The summed E-state index contributed by atoms with van der Waals surface area (Å²) in [5, 5.41) is 0. The van der Waals surface area contributed by atoms with Crippen molar-refractivity contribution in [3.05, 3.63) is 24.4 Å². The zero-order valence-electron chi connectivity index (χ0n) is 14.9. The molecule has 0 aromatic carbocycles. The summed E-state index contributed by atoms with van der Waals surface area (Å²) >= 11 is 0. The van der Waals surface area contributed by atoms with Crippen molar-refractivity contribution in [3.63, 3.8) is 0 Å². The van der Waals surface area contributed by atoms with Crippen LogP contribution in [0.3, 0.4) is 0 Å². The average Bonchev–Trinajstić information content (AvgIpc) is 3.25. The fourth-order valence-electron chi connectivity index (χ4n) is 3.56. The van der Waals surface area contributed by atoms with E-state index in [0.717, 1.165) is 50.0 Å². The van der Waals surface area contributed by atoms with Crippen LogP contribution in [0.25, 0.3) is 0 Å². The van der Waals surface area contributed by atoms with E-state index in [-0.39, 0.29) is 6.10 Å². The molecule has 0 amide bonds. The van der Waals surface area contributed by atoms with Crippen LogP contribution < -0.4 is 9.64 Å². The smallest absolute Gasteiger partial charge is 0.228 e. The maximum absolute atomic E-state index is 6.29. The van der Waals surface area contributed by atoms with Crippen LogP contribution in [0.5, 0.6) is 5.88 Å². The molecule has 24 heavy (non-hydrogen) atoms. The van der Waals surface area contributed by atoms with E-state index in [2.05, 4.69) is 26.3 Å². The standard InChI is InChI=1S/C19H30N4O/c1-3-4-9-17(15-22-10-5-6-11-22)24-18-14-16(2)20-19(21-18)23-12-7-8-13-23/h3,14,17H,1,4-13,15H2,2H3. The normalized spacial score (nSPS) is 19.6. The van der Waals surface area contributed by atoms with E-state index < -0.39 is 0 Å². The van der Waals surface area contributed by atoms with Gasteiger partial charge >= 0.3 is 0 Å². The molecule has 5 heteroatoms. The summed E-state index contributed by atoms with van der Waals surface area (Å²) < 4.78 is 6.29. The van der Waals surface area contributed by atoms with Crippen LogP contribution in [0.2, 0.25) is 0 Å². The first kappa shape index (κ1) is 17.2. The zero-order valence-corrected chi connectivity index (χ0v) is 14.9. The van der Waals surface area contributed by atoms with Crippen LogP contribution in [-0.4, -0.2) is 53.7 Å². The Morgan fingerprint density at radius 3 is 2.58 bits per heavy atom. The Morgan fingerprint density at radius 2 is 1.88 bits per heavy atom. The van der Waals surface area contributed by atoms with Gasteiger partial charge in [-0.15, -0.1) is 6.58 Å². The largest absolute Gasteiger partial charge is 0.473 e. The third kappa shape index (κ3) is 4.69. The molecule has 0 spiro atoms. The predicted octanol–water partition coefficient (Wildman–Crippen LogP) is 3.19. The molecule has 0 bridgehead atoms. The van der Waals surface area contributed by atoms with Gasteiger partial charge in [-0.3, -0.25) is 4.90 Å². The molecule has 2 aliphatic rings. The molecule has 2 saturated heterocycles. The molecule has 3 rings (SSSR count). The first-order chi connectivity index (χ1) is 11.7. The predicted molar refractivity (Wildman–Crippen MR) is 97.7 cm³/mol. The molecule has 1 unspecified atom stereocenters. The van der Waals surface area contributed by atoms with Crippen LogP contribution in [0.1, 0.15) is 44.2 Å². The van der Waals surface area contributed by atoms with E-state index in [1.165, 1.54) is 38.8 Å². The Bertz CT molecular complexity index is 536. The minimum Gasteiger partial charge on any atom is -0.473 e. The summed E-state index contributed by atoms with van der Waals surface area (Å²) in [5.74, 6) is 1.55. The molecule has 0 N–H and O–H groups in total. The molecule has 0 saturated carbocycles. The lowest BCUT2D eigenvalue weighted by Gasteiger charge is -2.24. The van der Waals surface area contributed by atoms with Crippen molar-refractivity contribution in [2.45, 2.75) is 51.6 Å². The fraction of sp³-hybridized carbons (Fsp3) is 0.684. The lowest BCUT2D eigenvalue weighted by molar-refractivity contribution is 0.134. The number of ether oxygens (including phenoxy) is 1. The molecular weight excluding hydrogens is 300 g/mol. The second-order valence-corrected chi connectivity index (χ2v) is 6.96. The first-order valence-corrected chi connectivity index (χ1v) is 9.35. The van der Waals surface area contributed by atoms with Gasteiger partial charge in [0.2, 0.25) is 11.8 Å². The van der Waals surface area contributed by atoms with Gasteiger partial charge in [0.25, 0.3) is 0 Å². The van der Waals surface area contributed by atoms with Crippen molar-refractivity contribution in [3.8, 4) is 5.88 Å². The van der Waals surface area contributed by atoms with Gasteiger partial charge in [0, 0.05) is 31.4 Å². The van der Waals surface area contributed by atoms with Gasteiger partial charge in [-0.25, -0.2) is 4.98 Å². The Morgan fingerprint density at radius 1 is 1.17 bits per heavy atom. The monoisotopic (exact) mass is 330 g/mol. The second-order valence-electron chi connectivity index (χ2n) is 6.96. The number of nitrogens with zero attached hydrogens (tertiary/aromatic N) is 4. The fourth-order valence-corrected chi connectivity index (χ4v) is 3.56. The Hall–Kier alpha value is -1.62. The van der Waals surface area contributed by atoms with Gasteiger partial charge in [0.1, 0.15) is 6.10 Å². The van der Waals surface area contributed by atoms with E-state index in [1.54, 1.807) is 0 Å². The molecule has 3 heterocycles. The molecule has 2 fully saturated rings. The number of allylic oxidation sites excluding steroid dienone is 1. The highest BCUT2D eigenvalue weighted by atomic mass is 16.5. The van der Waals surface area contributed by atoms with Crippen molar-refractivity contribution in [1.29, 1.82) is 0 Å². The number of aromatic nitrogens is 2. The maximum Gasteiger partial charge on any atom is 0.228 e. The van der Waals surface area contributed by atoms with Crippen molar-refractivity contribution < 1.29 is 4.74 Å². The lowest BCUT2D eigenvalue weighted by atomic mass is 10.2. The van der Waals surface area contributed by atoms with Gasteiger partial charge < -0.3 is 9.64 Å². The number of likely N-dealkylation sites (tertiary alicyclic amines) is 1. The third-order valence-corrected chi connectivity index (χ3v) is 4.85. The minimum atomic E-state index is 0.168. The average molecular weight is 330 g/mol. The maximum atomic E-state index is 6.29. The lowest BCUT2D eigenvalue weighted by Crippen LogP contribution is -2.34. The number of anilines is 1. The third-order valence-electron chi connectivity index (χ3n) is 4.85. The summed E-state index contributed by atoms with van der Waals surface area (Å²) in [5.41, 5.74) is 0.977. The molecule has 1 aromatic heterocycles. The van der Waals surface area contributed by atoms with Gasteiger partial charge in [-0.1, -0.05) is 6.08 Å². The van der Waals surface area contributed by atoms with Crippen molar-refractivity contribution >= 4 is 5.95 Å². The van der Waals surface area contributed by atoms with Gasteiger partial charge in [-0.2, -0.15) is 4.98 Å². The number of hydrogen-bond acceptors (Lipinski definition) is 5. The van der Waals surface area contributed by atoms with E-state index >= 15 is 0 Å². The van der Waals surface area contributed by atoms with E-state index in [1.807, 2.05) is 19.1 Å². The van der Waals surface area contributed by atoms with Crippen LogP contribution in [0, 0.1) is 6.92 Å². The number of hydrogen-bond donors (Lipinski definition) is 0. The van der Waals surface area contributed by atoms with Crippen LogP contribution in [0.15, 0.2) is 18.7 Å². The summed E-state index contributed by atoms with van der Waals surface area (Å²) in [6, 6.07) is 1.96. The quantitative estimate of drug-likeness (QED) is 0.685. The van der Waals surface area contributed by atoms with Crippen LogP contribution in [-0.2, 0) is 0 Å². The Kier molecular flexibility index (Phi) is 6.07. The molecule has 0 radical (unpaired) electrons. The van der Waals surface area contributed by atoms with Crippen LogP contribution in [0.4, 0.5) is 5.95 Å². The summed E-state index contributed by atoms with van der Waals surface area (Å²) in [6.45, 7) is 11.3. The van der Waals surface area contributed by atoms with Gasteiger partial charge in [-0.05, 0) is 58.5 Å².